The number of carbonyl (C=O) groups is 1. The van der Waals surface area contributed by atoms with Crippen molar-refractivity contribution in [3.63, 3.8) is 0 Å². The third-order valence-corrected chi connectivity index (χ3v) is 6.98. The SMILES string of the molecule is O=C(CCc1ccc(S(=O)(=O)N2CCCCC2)cc1)NCC1CCCO1. The largest absolute Gasteiger partial charge is 0.376 e. The van der Waals surface area contributed by atoms with E-state index >= 15 is 0 Å². The van der Waals surface area contributed by atoms with Crippen LogP contribution in [0.3, 0.4) is 0 Å². The Bertz CT molecular complexity index is 691. The number of nitrogens with one attached hydrogen (secondary N) is 1. The smallest absolute Gasteiger partial charge is 0.243 e. The van der Waals surface area contributed by atoms with Gasteiger partial charge < -0.3 is 10.1 Å². The van der Waals surface area contributed by atoms with Gasteiger partial charge in [-0.1, -0.05) is 18.6 Å². The van der Waals surface area contributed by atoms with E-state index in [4.69, 9.17) is 4.74 Å². The van der Waals surface area contributed by atoms with Gasteiger partial charge in [-0.3, -0.25) is 4.79 Å². The molecule has 0 radical (unpaired) electrons. The Hall–Kier alpha value is -1.44. The zero-order chi connectivity index (χ0) is 18.4. The zero-order valence-electron chi connectivity index (χ0n) is 15.2. The molecule has 2 fully saturated rings. The Labute approximate surface area is 156 Å². The van der Waals surface area contributed by atoms with Gasteiger partial charge in [-0.25, -0.2) is 8.42 Å². The van der Waals surface area contributed by atoms with Crippen molar-refractivity contribution >= 4 is 15.9 Å². The number of hydrogen-bond acceptors (Lipinski definition) is 4. The highest BCUT2D eigenvalue weighted by atomic mass is 32.2. The molecule has 1 amide bonds. The predicted molar refractivity (Wildman–Crippen MR) is 99.4 cm³/mol. The molecule has 0 aromatic heterocycles. The van der Waals surface area contributed by atoms with Gasteiger partial charge >= 0.3 is 0 Å². The Morgan fingerprint density at radius 1 is 1.12 bits per heavy atom. The second-order valence-electron chi connectivity index (χ2n) is 7.05. The van der Waals surface area contributed by atoms with Gasteiger partial charge in [0.2, 0.25) is 15.9 Å². The molecule has 7 heteroatoms. The molecule has 1 N–H and O–H groups in total. The highest BCUT2D eigenvalue weighted by molar-refractivity contribution is 7.89. The van der Waals surface area contributed by atoms with Crippen LogP contribution in [0.15, 0.2) is 29.2 Å². The van der Waals surface area contributed by atoms with Crippen LogP contribution in [0.1, 0.15) is 44.1 Å². The van der Waals surface area contributed by atoms with Crippen LogP contribution in [0.2, 0.25) is 0 Å². The van der Waals surface area contributed by atoms with Crippen LogP contribution in [0.25, 0.3) is 0 Å². The summed E-state index contributed by atoms with van der Waals surface area (Å²) in [4.78, 5) is 12.3. The van der Waals surface area contributed by atoms with Crippen molar-refractivity contribution in [3.05, 3.63) is 29.8 Å². The van der Waals surface area contributed by atoms with Crippen molar-refractivity contribution in [2.75, 3.05) is 26.2 Å². The van der Waals surface area contributed by atoms with Crippen LogP contribution in [-0.2, 0) is 26.0 Å². The average Bonchev–Trinajstić information content (AvgIpc) is 3.19. The van der Waals surface area contributed by atoms with Crippen molar-refractivity contribution in [1.29, 1.82) is 0 Å². The average molecular weight is 381 g/mol. The molecule has 0 aliphatic carbocycles. The normalized spacial score (nSPS) is 21.6. The monoisotopic (exact) mass is 380 g/mol. The molecule has 1 atom stereocenters. The Morgan fingerprint density at radius 2 is 1.85 bits per heavy atom. The van der Waals surface area contributed by atoms with E-state index in [9.17, 15) is 13.2 Å². The first kappa shape index (κ1) is 19.3. The van der Waals surface area contributed by atoms with Crippen molar-refractivity contribution in [2.24, 2.45) is 0 Å². The number of benzene rings is 1. The fraction of sp³-hybridized carbons (Fsp3) is 0.632. The number of piperidine rings is 1. The predicted octanol–water partition coefficient (Wildman–Crippen LogP) is 2.09. The molecule has 26 heavy (non-hydrogen) atoms. The van der Waals surface area contributed by atoms with E-state index in [1.807, 2.05) is 12.1 Å². The number of hydrogen-bond donors (Lipinski definition) is 1. The molecule has 1 aromatic carbocycles. The van der Waals surface area contributed by atoms with Gasteiger partial charge in [-0.15, -0.1) is 0 Å². The van der Waals surface area contributed by atoms with Crippen LogP contribution >= 0.6 is 0 Å². The minimum atomic E-state index is -3.39. The van der Waals surface area contributed by atoms with Crippen LogP contribution in [0, 0.1) is 0 Å². The van der Waals surface area contributed by atoms with E-state index in [1.165, 1.54) is 0 Å². The van der Waals surface area contributed by atoms with Gasteiger partial charge in [0, 0.05) is 32.7 Å². The van der Waals surface area contributed by atoms with E-state index in [1.54, 1.807) is 16.4 Å². The number of sulfonamides is 1. The first-order valence-electron chi connectivity index (χ1n) is 9.53. The summed E-state index contributed by atoms with van der Waals surface area (Å²) in [5.74, 6) is 0.00511. The molecule has 2 saturated heterocycles. The van der Waals surface area contributed by atoms with E-state index in [-0.39, 0.29) is 12.0 Å². The van der Waals surface area contributed by atoms with E-state index in [0.29, 0.717) is 37.4 Å². The molecule has 2 aliphatic heterocycles. The second kappa shape index (κ2) is 8.97. The fourth-order valence-electron chi connectivity index (χ4n) is 3.46. The Morgan fingerprint density at radius 3 is 2.50 bits per heavy atom. The van der Waals surface area contributed by atoms with Gasteiger partial charge in [-0.05, 0) is 49.8 Å². The topological polar surface area (TPSA) is 75.7 Å². The van der Waals surface area contributed by atoms with Crippen molar-refractivity contribution in [3.8, 4) is 0 Å². The summed E-state index contributed by atoms with van der Waals surface area (Å²) in [5, 5.41) is 2.91. The number of aryl methyl sites for hydroxylation is 1. The Kier molecular flexibility index (Phi) is 6.67. The first-order chi connectivity index (χ1) is 12.6. The van der Waals surface area contributed by atoms with Crippen molar-refractivity contribution in [2.45, 2.75) is 55.9 Å². The molecule has 0 saturated carbocycles. The van der Waals surface area contributed by atoms with Crippen LogP contribution in [0.5, 0.6) is 0 Å². The van der Waals surface area contributed by atoms with Gasteiger partial charge in [0.25, 0.3) is 0 Å². The molecule has 2 heterocycles. The van der Waals surface area contributed by atoms with Gasteiger partial charge in [0.1, 0.15) is 0 Å². The maximum Gasteiger partial charge on any atom is 0.243 e. The summed E-state index contributed by atoms with van der Waals surface area (Å²) in [6.07, 6.45) is 6.17. The number of rotatable bonds is 7. The van der Waals surface area contributed by atoms with Crippen LogP contribution < -0.4 is 5.32 Å². The fourth-order valence-corrected chi connectivity index (χ4v) is 4.98. The zero-order valence-corrected chi connectivity index (χ0v) is 16.0. The summed E-state index contributed by atoms with van der Waals surface area (Å²) < 4.78 is 32.3. The third kappa shape index (κ3) is 5.05. The second-order valence-corrected chi connectivity index (χ2v) is 8.99. The maximum absolute atomic E-state index is 12.6. The summed E-state index contributed by atoms with van der Waals surface area (Å²) in [5.41, 5.74) is 0.967. The lowest BCUT2D eigenvalue weighted by Gasteiger charge is -2.25. The number of ether oxygens (including phenoxy) is 1. The molecular formula is C19H28N2O4S. The molecule has 6 nitrogen and oxygen atoms in total. The molecule has 3 rings (SSSR count). The van der Waals surface area contributed by atoms with E-state index in [2.05, 4.69) is 5.32 Å². The minimum Gasteiger partial charge on any atom is -0.376 e. The summed E-state index contributed by atoms with van der Waals surface area (Å²) in [7, 11) is -3.39. The molecule has 0 bridgehead atoms. The summed E-state index contributed by atoms with van der Waals surface area (Å²) in [6, 6.07) is 6.93. The summed E-state index contributed by atoms with van der Waals surface area (Å²) in [6.45, 7) is 2.57. The Balaban J connectivity index is 1.48. The number of nitrogens with zero attached hydrogens (tertiary/aromatic N) is 1. The first-order valence-corrected chi connectivity index (χ1v) is 11.0. The van der Waals surface area contributed by atoms with E-state index in [0.717, 1.165) is 44.3 Å². The molecular weight excluding hydrogens is 352 g/mol. The van der Waals surface area contributed by atoms with Gasteiger partial charge in [0.15, 0.2) is 0 Å². The lowest BCUT2D eigenvalue weighted by atomic mass is 10.1. The summed E-state index contributed by atoms with van der Waals surface area (Å²) >= 11 is 0. The van der Waals surface area contributed by atoms with Crippen molar-refractivity contribution < 1.29 is 17.9 Å². The van der Waals surface area contributed by atoms with E-state index < -0.39 is 10.0 Å². The molecule has 0 spiro atoms. The highest BCUT2D eigenvalue weighted by Gasteiger charge is 2.25. The third-order valence-electron chi connectivity index (χ3n) is 5.07. The maximum atomic E-state index is 12.6. The molecule has 1 aromatic rings. The molecule has 1 unspecified atom stereocenters. The van der Waals surface area contributed by atoms with Crippen molar-refractivity contribution in [1.82, 2.24) is 9.62 Å². The standard InChI is InChI=1S/C19H28N2O4S/c22-19(20-15-17-5-4-14-25-17)11-8-16-6-9-18(10-7-16)26(23,24)21-12-2-1-3-13-21/h6-7,9-10,17H,1-5,8,11-15H2,(H,20,22). The minimum absolute atomic E-state index is 0.00511. The van der Waals surface area contributed by atoms with Gasteiger partial charge in [0.05, 0.1) is 11.0 Å². The number of amides is 1. The lowest BCUT2D eigenvalue weighted by molar-refractivity contribution is -0.121. The number of carbonyl (C=O) groups excluding carboxylic acids is 1. The molecule has 2 aliphatic rings. The highest BCUT2D eigenvalue weighted by Crippen LogP contribution is 2.21. The quantitative estimate of drug-likeness (QED) is 0.786. The van der Waals surface area contributed by atoms with Crippen LogP contribution in [-0.4, -0.2) is 51.0 Å². The molecule has 144 valence electrons. The lowest BCUT2D eigenvalue weighted by Crippen LogP contribution is -2.35. The van der Waals surface area contributed by atoms with Gasteiger partial charge in [-0.2, -0.15) is 4.31 Å². The van der Waals surface area contributed by atoms with Crippen LogP contribution in [0.4, 0.5) is 0 Å².